The summed E-state index contributed by atoms with van der Waals surface area (Å²) < 4.78 is 1.73. The number of fused-ring (bicyclic) bond motifs is 1. The smallest absolute Gasteiger partial charge is 0.239 e. The number of pyridine rings is 2. The average Bonchev–Trinajstić information content (AvgIpc) is 3.13. The normalized spacial score (nSPS) is 16.0. The van der Waals surface area contributed by atoms with Crippen LogP contribution in [-0.2, 0) is 11.8 Å². The van der Waals surface area contributed by atoms with Crippen molar-refractivity contribution in [2.24, 2.45) is 7.05 Å². The van der Waals surface area contributed by atoms with Gasteiger partial charge in [-0.1, -0.05) is 5.24 Å². The van der Waals surface area contributed by atoms with Gasteiger partial charge in [-0.3, -0.25) is 19.4 Å². The Morgan fingerprint density at radius 3 is 2.47 bits per heavy atom. The van der Waals surface area contributed by atoms with Crippen LogP contribution in [0.15, 0.2) is 36.9 Å². The number of aromatic nitrogens is 4. The fourth-order valence-corrected chi connectivity index (χ4v) is 3.50. The zero-order valence-corrected chi connectivity index (χ0v) is 16.8. The molecule has 0 saturated carbocycles. The van der Waals surface area contributed by atoms with E-state index >= 15 is 0 Å². The van der Waals surface area contributed by atoms with Crippen molar-refractivity contribution in [1.29, 1.82) is 0 Å². The van der Waals surface area contributed by atoms with E-state index in [0.29, 0.717) is 32.0 Å². The Balaban J connectivity index is 1.40. The van der Waals surface area contributed by atoms with Crippen molar-refractivity contribution in [3.63, 3.8) is 0 Å². The van der Waals surface area contributed by atoms with E-state index in [1.807, 2.05) is 30.3 Å². The van der Waals surface area contributed by atoms with Gasteiger partial charge in [0, 0.05) is 62.8 Å². The predicted molar refractivity (Wildman–Crippen MR) is 118 cm³/mol. The lowest BCUT2D eigenvalue weighted by molar-refractivity contribution is -0.117. The quantitative estimate of drug-likeness (QED) is 0.599. The van der Waals surface area contributed by atoms with E-state index in [1.54, 1.807) is 28.2 Å². The summed E-state index contributed by atoms with van der Waals surface area (Å²) >= 11 is 0. The van der Waals surface area contributed by atoms with E-state index < -0.39 is 5.24 Å². The van der Waals surface area contributed by atoms with E-state index in [2.05, 4.69) is 20.4 Å². The van der Waals surface area contributed by atoms with Gasteiger partial charge in [-0.25, -0.2) is 4.98 Å². The molecule has 4 heterocycles. The molecule has 146 valence electrons. The van der Waals surface area contributed by atoms with E-state index in [9.17, 15) is 4.79 Å². The highest BCUT2D eigenvalue weighted by Gasteiger charge is 2.25. The molecule has 1 amide bonds. The zero-order chi connectivity index (χ0) is 21.3. The fourth-order valence-electron chi connectivity index (χ4n) is 3.50. The molecule has 0 atom stereocenters. The van der Waals surface area contributed by atoms with Crippen LogP contribution in [0.25, 0.3) is 22.0 Å². The van der Waals surface area contributed by atoms with E-state index in [1.165, 1.54) is 0 Å². The molecule has 3 aromatic rings. The van der Waals surface area contributed by atoms with Crippen molar-refractivity contribution in [2.75, 3.05) is 38.0 Å². The maximum Gasteiger partial charge on any atom is 0.239 e. The molecule has 11 heteroatoms. The molecule has 1 aliphatic rings. The van der Waals surface area contributed by atoms with Gasteiger partial charge in [0.05, 0.1) is 42.0 Å². The average molecular weight is 395 g/mol. The van der Waals surface area contributed by atoms with Gasteiger partial charge in [-0.15, -0.1) is 0 Å². The summed E-state index contributed by atoms with van der Waals surface area (Å²) in [6, 6.07) is 3.81. The zero-order valence-electron chi connectivity index (χ0n) is 16.8. The molecule has 1 saturated heterocycles. The van der Waals surface area contributed by atoms with Crippen LogP contribution in [0.3, 0.4) is 0 Å². The van der Waals surface area contributed by atoms with E-state index in [-0.39, 0.29) is 12.5 Å². The molecule has 4 rings (SSSR count). The summed E-state index contributed by atoms with van der Waals surface area (Å²) in [5.41, 5.74) is 1.74. The minimum Gasteiger partial charge on any atom is -0.320 e. The molecule has 1 fully saturated rings. The minimum absolute atomic E-state index is 0.128. The van der Waals surface area contributed by atoms with Gasteiger partial charge < -0.3 is 10.2 Å². The van der Waals surface area contributed by atoms with Crippen LogP contribution >= 0.6 is 0 Å². The first kappa shape index (κ1) is 20.6. The Bertz CT molecular complexity index is 1060. The third-order valence-electron chi connectivity index (χ3n) is 5.16. The number of anilines is 1. The maximum absolute atomic E-state index is 12.5. The highest BCUT2D eigenvalue weighted by molar-refractivity contribution is 6.59. The number of hydrogen-bond donors (Lipinski definition) is 1. The Kier molecular flexibility index (Phi) is 5.66. The van der Waals surface area contributed by atoms with Crippen molar-refractivity contribution in [1.82, 2.24) is 29.5 Å². The van der Waals surface area contributed by atoms with Crippen LogP contribution in [-0.4, -0.2) is 97.0 Å². The molecular weight excluding hydrogens is 375 g/mol. The number of aryl methyl sites for hydroxylation is 1. The lowest BCUT2D eigenvalue weighted by Crippen LogP contribution is -2.59. The molecular formula is C19H20B3N7O. The Morgan fingerprint density at radius 1 is 1.07 bits per heavy atom. The van der Waals surface area contributed by atoms with Crippen LogP contribution in [0.5, 0.6) is 0 Å². The largest absolute Gasteiger partial charge is 0.320 e. The van der Waals surface area contributed by atoms with Crippen molar-refractivity contribution in [3.05, 3.63) is 36.9 Å². The van der Waals surface area contributed by atoms with Crippen LogP contribution in [0.1, 0.15) is 0 Å². The molecule has 0 aromatic carbocycles. The number of carbonyl (C=O) groups is 1. The lowest BCUT2D eigenvalue weighted by atomic mass is 9.48. The highest BCUT2D eigenvalue weighted by Crippen LogP contribution is 2.22. The number of piperazine rings is 1. The first-order valence-corrected chi connectivity index (χ1v) is 9.67. The first-order chi connectivity index (χ1) is 14.3. The number of nitrogens with zero attached hydrogens (tertiary/aromatic N) is 6. The van der Waals surface area contributed by atoms with Crippen molar-refractivity contribution >= 4 is 46.0 Å². The van der Waals surface area contributed by atoms with Crippen molar-refractivity contribution < 1.29 is 4.79 Å². The monoisotopic (exact) mass is 395 g/mol. The van der Waals surface area contributed by atoms with Gasteiger partial charge in [-0.2, -0.15) is 5.10 Å². The van der Waals surface area contributed by atoms with Crippen LogP contribution in [0, 0.1) is 0 Å². The molecule has 30 heavy (non-hydrogen) atoms. The third kappa shape index (κ3) is 4.74. The summed E-state index contributed by atoms with van der Waals surface area (Å²) in [6.45, 7) is 2.79. The molecule has 3 aromatic heterocycles. The van der Waals surface area contributed by atoms with Crippen LogP contribution in [0.2, 0.25) is 0 Å². The number of carbonyl (C=O) groups excluding carboxylic acids is 1. The second-order valence-corrected chi connectivity index (χ2v) is 7.59. The molecule has 0 spiro atoms. The molecule has 8 nitrogen and oxygen atoms in total. The van der Waals surface area contributed by atoms with Gasteiger partial charge in [0.2, 0.25) is 5.91 Å². The fraction of sp³-hybridized carbons (Fsp3) is 0.368. The van der Waals surface area contributed by atoms with Crippen molar-refractivity contribution in [3.8, 4) is 11.3 Å². The van der Waals surface area contributed by atoms with E-state index in [0.717, 1.165) is 22.0 Å². The molecule has 0 bridgehead atoms. The number of hydrogen-bond acceptors (Lipinski definition) is 6. The van der Waals surface area contributed by atoms with Gasteiger partial charge in [0.1, 0.15) is 5.82 Å². The van der Waals surface area contributed by atoms with Gasteiger partial charge in [0.25, 0.3) is 0 Å². The van der Waals surface area contributed by atoms with Gasteiger partial charge >= 0.3 is 0 Å². The summed E-state index contributed by atoms with van der Waals surface area (Å²) in [5.74, 6) is 0.371. The van der Waals surface area contributed by atoms with Crippen LogP contribution in [0.4, 0.5) is 5.82 Å². The molecule has 1 N–H and O–H groups in total. The summed E-state index contributed by atoms with van der Waals surface area (Å²) in [5, 5.41) is 7.56. The van der Waals surface area contributed by atoms with Gasteiger partial charge in [0.15, 0.2) is 0 Å². The minimum atomic E-state index is -1.33. The van der Waals surface area contributed by atoms with Crippen molar-refractivity contribution in [2.45, 2.75) is 5.24 Å². The summed E-state index contributed by atoms with van der Waals surface area (Å²) in [7, 11) is 19.0. The number of nitrogens with one attached hydrogen (secondary N) is 1. The third-order valence-corrected chi connectivity index (χ3v) is 5.16. The maximum atomic E-state index is 12.5. The topological polar surface area (TPSA) is 79.2 Å². The predicted octanol–water partition coefficient (Wildman–Crippen LogP) is -0.297. The Morgan fingerprint density at radius 2 is 1.80 bits per heavy atom. The first-order valence-electron chi connectivity index (χ1n) is 9.67. The lowest BCUT2D eigenvalue weighted by Gasteiger charge is -2.43. The molecule has 6 radical (unpaired) electrons. The van der Waals surface area contributed by atoms with Gasteiger partial charge in [-0.05, 0) is 17.5 Å². The SMILES string of the molecule is [B]C([B])([B])N1CCN(CC(=O)Nc2cc3cc(-c4cnn(C)c4)ncc3cn2)CC1. The van der Waals surface area contributed by atoms with E-state index in [4.69, 9.17) is 23.5 Å². The number of amides is 1. The van der Waals surface area contributed by atoms with Crippen LogP contribution < -0.4 is 5.32 Å². The molecule has 0 unspecified atom stereocenters. The second-order valence-electron chi connectivity index (χ2n) is 7.59. The molecule has 1 aliphatic heterocycles. The Hall–Kier alpha value is -2.65. The summed E-state index contributed by atoms with van der Waals surface area (Å²) in [4.78, 5) is 25.1. The summed E-state index contributed by atoms with van der Waals surface area (Å²) in [6.07, 6.45) is 7.14. The highest BCUT2D eigenvalue weighted by atomic mass is 16.2. The molecule has 0 aliphatic carbocycles. The Labute approximate surface area is 179 Å². The number of rotatable bonds is 5. The standard InChI is InChI=1S/C19H20B3N7O/c1-27-11-15(10-25-27)16-6-13-7-17(24-9-14(13)8-23-16)26-18(30)12-28-2-4-29(5-3-28)19(20,21)22/h6-11H,2-5,12H2,1H3,(H,24,26,30). The second kappa shape index (κ2) is 8.24.